The van der Waals surface area contributed by atoms with Crippen LogP contribution >= 0.6 is 0 Å². The molecule has 0 radical (unpaired) electrons. The van der Waals surface area contributed by atoms with Crippen LogP contribution in [0.5, 0.6) is 0 Å². The summed E-state index contributed by atoms with van der Waals surface area (Å²) in [4.78, 5) is 54.8. The minimum atomic E-state index is -1.44. The monoisotopic (exact) mass is 288 g/mol. The van der Waals surface area contributed by atoms with Crippen LogP contribution < -0.4 is 0 Å². The molecule has 9 nitrogen and oxygen atoms in total. The lowest BCUT2D eigenvalue weighted by Crippen LogP contribution is -2.45. The molecular weight excluding hydrogens is 276 g/mol. The van der Waals surface area contributed by atoms with Crippen LogP contribution in [0.2, 0.25) is 0 Å². The highest BCUT2D eigenvalue weighted by Crippen LogP contribution is 2.39. The fourth-order valence-corrected chi connectivity index (χ4v) is 2.42. The molecule has 0 aromatic rings. The van der Waals surface area contributed by atoms with Crippen molar-refractivity contribution in [3.05, 3.63) is 0 Å². The third-order valence-electron chi connectivity index (χ3n) is 3.41. The van der Waals surface area contributed by atoms with Gasteiger partial charge in [-0.1, -0.05) is 0 Å². The molecule has 110 valence electrons. The van der Waals surface area contributed by atoms with E-state index in [1.54, 1.807) is 0 Å². The average Bonchev–Trinajstić information content (AvgIpc) is 2.36. The average molecular weight is 288 g/mol. The van der Waals surface area contributed by atoms with Gasteiger partial charge in [-0.2, -0.15) is 0 Å². The van der Waals surface area contributed by atoms with E-state index in [4.69, 9.17) is 15.3 Å². The molecule has 0 aliphatic heterocycles. The zero-order valence-corrected chi connectivity index (χ0v) is 10.1. The second kappa shape index (κ2) is 6.13. The molecule has 4 atom stereocenters. The van der Waals surface area contributed by atoms with Crippen LogP contribution in [0.25, 0.3) is 0 Å². The van der Waals surface area contributed by atoms with E-state index in [2.05, 4.69) is 4.74 Å². The number of hydrogen-bond acceptors (Lipinski definition) is 6. The predicted octanol–water partition coefficient (Wildman–Crippen LogP) is -0.802. The van der Waals surface area contributed by atoms with Gasteiger partial charge in [-0.15, -0.1) is 0 Å². The van der Waals surface area contributed by atoms with E-state index < -0.39 is 60.4 Å². The number of carbonyl (C=O) groups is 5. The Labute approximate surface area is 112 Å². The van der Waals surface area contributed by atoms with E-state index in [-0.39, 0.29) is 6.47 Å². The summed E-state index contributed by atoms with van der Waals surface area (Å²) in [6.45, 7) is -0.180. The molecule has 0 heterocycles. The van der Waals surface area contributed by atoms with E-state index in [0.29, 0.717) is 0 Å². The molecule has 3 N–H and O–H groups in total. The van der Waals surface area contributed by atoms with Gasteiger partial charge in [0.1, 0.15) is 0 Å². The maximum Gasteiger partial charge on any atom is 0.317 e. The van der Waals surface area contributed by atoms with Crippen molar-refractivity contribution in [1.82, 2.24) is 0 Å². The first-order valence-electron chi connectivity index (χ1n) is 5.62. The largest absolute Gasteiger partial charge is 0.481 e. The third kappa shape index (κ3) is 3.11. The summed E-state index contributed by atoms with van der Waals surface area (Å²) in [5.74, 6) is -11.1. The van der Waals surface area contributed by atoms with E-state index in [1.165, 1.54) is 0 Å². The number of carbonyl (C=O) groups excluding carboxylic acids is 2. The summed E-state index contributed by atoms with van der Waals surface area (Å²) in [5, 5.41) is 26.9. The fraction of sp³-hybridized carbons (Fsp3) is 0.545. The lowest BCUT2D eigenvalue weighted by atomic mass is 9.68. The smallest absolute Gasteiger partial charge is 0.317 e. The van der Waals surface area contributed by atoms with E-state index in [0.717, 1.165) is 0 Å². The van der Waals surface area contributed by atoms with Gasteiger partial charge < -0.3 is 20.1 Å². The van der Waals surface area contributed by atoms with Crippen molar-refractivity contribution in [3.63, 3.8) is 0 Å². The molecule has 4 unspecified atom stereocenters. The molecule has 0 aromatic heterocycles. The van der Waals surface area contributed by atoms with Crippen LogP contribution in [0, 0.1) is 23.7 Å². The number of aliphatic carboxylic acids is 3. The van der Waals surface area contributed by atoms with Crippen LogP contribution in [0.1, 0.15) is 12.8 Å². The maximum absolute atomic E-state index is 11.5. The number of carboxylic acids is 3. The molecule has 1 saturated carbocycles. The maximum atomic E-state index is 11.5. The van der Waals surface area contributed by atoms with Crippen LogP contribution in [0.4, 0.5) is 0 Å². The minimum absolute atomic E-state index is 0.180. The SMILES string of the molecule is O=COC(=O)C1CC(C(=O)O)C(C(=O)O)CC1C(=O)O. The minimum Gasteiger partial charge on any atom is -0.481 e. The van der Waals surface area contributed by atoms with Crippen LogP contribution in [0.15, 0.2) is 0 Å². The number of esters is 1. The quantitative estimate of drug-likeness (QED) is 0.334. The summed E-state index contributed by atoms with van der Waals surface area (Å²) in [7, 11) is 0. The van der Waals surface area contributed by atoms with Crippen LogP contribution in [-0.4, -0.2) is 45.7 Å². The number of hydrogen-bond donors (Lipinski definition) is 3. The first kappa shape index (κ1) is 15.6. The lowest BCUT2D eigenvalue weighted by molar-refractivity contribution is -0.171. The van der Waals surface area contributed by atoms with E-state index in [1.807, 2.05) is 0 Å². The molecule has 1 aliphatic carbocycles. The van der Waals surface area contributed by atoms with Gasteiger partial charge in [0.25, 0.3) is 0 Å². The Balaban J connectivity index is 3.08. The zero-order chi connectivity index (χ0) is 15.4. The summed E-state index contributed by atoms with van der Waals surface area (Å²) < 4.78 is 4.06. The number of carboxylic acid groups (broad SMARTS) is 3. The Bertz CT molecular complexity index is 455. The highest BCUT2D eigenvalue weighted by Gasteiger charge is 2.49. The second-order valence-corrected chi connectivity index (χ2v) is 4.45. The van der Waals surface area contributed by atoms with Crippen molar-refractivity contribution >= 4 is 30.3 Å². The Morgan fingerprint density at radius 2 is 1.15 bits per heavy atom. The molecule has 1 aliphatic rings. The van der Waals surface area contributed by atoms with Crippen LogP contribution in [0.3, 0.4) is 0 Å². The summed E-state index contributed by atoms with van der Waals surface area (Å²) in [6.07, 6.45) is -1.02. The Kier molecular flexibility index (Phi) is 4.78. The normalized spacial score (nSPS) is 29.2. The first-order chi connectivity index (χ1) is 9.29. The number of rotatable bonds is 5. The Morgan fingerprint density at radius 3 is 1.50 bits per heavy atom. The van der Waals surface area contributed by atoms with Crippen molar-refractivity contribution in [2.75, 3.05) is 0 Å². The van der Waals surface area contributed by atoms with Crippen LogP contribution in [-0.2, 0) is 28.7 Å². The van der Waals surface area contributed by atoms with Crippen molar-refractivity contribution in [1.29, 1.82) is 0 Å². The highest BCUT2D eigenvalue weighted by molar-refractivity contribution is 5.87. The van der Waals surface area contributed by atoms with Crippen molar-refractivity contribution in [2.45, 2.75) is 12.8 Å². The van der Waals surface area contributed by atoms with Gasteiger partial charge in [-0.3, -0.25) is 24.0 Å². The van der Waals surface area contributed by atoms with E-state index in [9.17, 15) is 24.0 Å². The summed E-state index contributed by atoms with van der Waals surface area (Å²) in [5.41, 5.74) is 0. The van der Waals surface area contributed by atoms with E-state index >= 15 is 0 Å². The Hall–Kier alpha value is -2.45. The molecule has 0 aromatic carbocycles. The van der Waals surface area contributed by atoms with Crippen molar-refractivity contribution in [3.8, 4) is 0 Å². The summed E-state index contributed by atoms with van der Waals surface area (Å²) >= 11 is 0. The van der Waals surface area contributed by atoms with Gasteiger partial charge in [0.2, 0.25) is 0 Å². The van der Waals surface area contributed by atoms with Gasteiger partial charge in [0.15, 0.2) is 0 Å². The molecule has 0 spiro atoms. The Morgan fingerprint density at radius 1 is 0.800 bits per heavy atom. The van der Waals surface area contributed by atoms with Gasteiger partial charge >= 0.3 is 30.3 Å². The third-order valence-corrected chi connectivity index (χ3v) is 3.41. The van der Waals surface area contributed by atoms with Gasteiger partial charge in [0, 0.05) is 0 Å². The standard InChI is InChI=1S/C11H12O9/c12-3-20-11(19)7-2-5(9(15)16)4(8(13)14)1-6(7)10(17)18/h3-7H,1-2H2,(H,13,14)(H,15,16)(H,17,18). The second-order valence-electron chi connectivity index (χ2n) is 4.45. The van der Waals surface area contributed by atoms with Gasteiger partial charge in [-0.25, -0.2) is 0 Å². The van der Waals surface area contributed by atoms with Crippen molar-refractivity contribution < 1.29 is 44.0 Å². The molecule has 0 saturated heterocycles. The zero-order valence-electron chi connectivity index (χ0n) is 10.1. The predicted molar refractivity (Wildman–Crippen MR) is 58.3 cm³/mol. The van der Waals surface area contributed by atoms with Crippen molar-refractivity contribution in [2.24, 2.45) is 23.7 Å². The van der Waals surface area contributed by atoms with Gasteiger partial charge in [0.05, 0.1) is 23.7 Å². The molecule has 20 heavy (non-hydrogen) atoms. The molecule has 0 bridgehead atoms. The van der Waals surface area contributed by atoms with Gasteiger partial charge in [-0.05, 0) is 12.8 Å². The molecule has 1 fully saturated rings. The molecule has 0 amide bonds. The molecular formula is C11H12O9. The number of ether oxygens (including phenoxy) is 1. The summed E-state index contributed by atoms with van der Waals surface area (Å²) in [6, 6.07) is 0. The molecule has 9 heteroatoms. The topological polar surface area (TPSA) is 155 Å². The molecule has 1 rings (SSSR count). The fourth-order valence-electron chi connectivity index (χ4n) is 2.42. The first-order valence-corrected chi connectivity index (χ1v) is 5.62. The lowest BCUT2D eigenvalue weighted by Gasteiger charge is -2.34. The highest BCUT2D eigenvalue weighted by atomic mass is 16.6.